The van der Waals surface area contributed by atoms with Gasteiger partial charge in [-0.3, -0.25) is 9.59 Å². The molecule has 168 valence electrons. The highest BCUT2D eigenvalue weighted by atomic mass is 32.1. The molecule has 0 bridgehead atoms. The maximum absolute atomic E-state index is 14.2. The first-order chi connectivity index (χ1) is 16.0. The number of Topliss-reactive ketones (excluding diaryl/α,β-unsaturated/α-hetero) is 1. The molecule has 1 fully saturated rings. The van der Waals surface area contributed by atoms with Gasteiger partial charge in [0.2, 0.25) is 0 Å². The summed E-state index contributed by atoms with van der Waals surface area (Å²) in [5.41, 5.74) is 0.576. The van der Waals surface area contributed by atoms with Crippen molar-refractivity contribution in [1.29, 1.82) is 0 Å². The normalized spacial score (nSPS) is 15.9. The van der Waals surface area contributed by atoms with E-state index in [-0.39, 0.29) is 28.7 Å². The van der Waals surface area contributed by atoms with E-state index in [0.29, 0.717) is 29.3 Å². The second-order valence-corrected chi connectivity index (χ2v) is 8.95. The Morgan fingerprint density at radius 3 is 2.79 bits per heavy atom. The smallest absolute Gasteiger partial charge is 0.278 e. The predicted molar refractivity (Wildman–Crippen MR) is 124 cm³/mol. The molecular formula is C24H20F2N4O2S. The Bertz CT molecular complexity index is 1390. The molecule has 3 heterocycles. The number of H-pyrrole nitrogens is 1. The van der Waals surface area contributed by atoms with Crippen molar-refractivity contribution in [1.82, 2.24) is 15.0 Å². The third-order valence-electron chi connectivity index (χ3n) is 5.81. The Labute approximate surface area is 191 Å². The van der Waals surface area contributed by atoms with Gasteiger partial charge in [0.05, 0.1) is 11.6 Å². The fourth-order valence-corrected chi connectivity index (χ4v) is 5.18. The van der Waals surface area contributed by atoms with Crippen molar-refractivity contribution in [2.24, 2.45) is 0 Å². The van der Waals surface area contributed by atoms with Crippen LogP contribution in [0.1, 0.15) is 24.8 Å². The zero-order chi connectivity index (χ0) is 22.9. The molecule has 1 saturated heterocycles. The van der Waals surface area contributed by atoms with Gasteiger partial charge in [0.1, 0.15) is 17.5 Å². The van der Waals surface area contributed by atoms with E-state index in [2.05, 4.69) is 15.0 Å². The highest BCUT2D eigenvalue weighted by molar-refractivity contribution is 7.21. The molecule has 1 aliphatic heterocycles. The molecule has 2 aromatic heterocycles. The van der Waals surface area contributed by atoms with Crippen LogP contribution in [0, 0.1) is 11.6 Å². The van der Waals surface area contributed by atoms with Gasteiger partial charge in [-0.1, -0.05) is 41.7 Å². The van der Waals surface area contributed by atoms with Gasteiger partial charge in [0.15, 0.2) is 21.3 Å². The van der Waals surface area contributed by atoms with Gasteiger partial charge in [-0.15, -0.1) is 0 Å². The average Bonchev–Trinajstić information content (AvgIpc) is 3.47. The number of halogens is 2. The summed E-state index contributed by atoms with van der Waals surface area (Å²) in [5, 5.41) is 0.537. The van der Waals surface area contributed by atoms with Crippen LogP contribution in [0.4, 0.5) is 13.9 Å². The first-order valence-corrected chi connectivity index (χ1v) is 11.5. The lowest BCUT2D eigenvalue weighted by atomic mass is 10.0. The van der Waals surface area contributed by atoms with Crippen LogP contribution >= 0.6 is 11.3 Å². The summed E-state index contributed by atoms with van der Waals surface area (Å²) in [6.07, 6.45) is 2.68. The number of carbonyl (C=O) groups excluding carboxylic acids is 1. The standard InChI is InChI=1S/C24H20F2N4O2S/c25-15-9-10-17(26)16(13-15)21-28-22(32)20-23(29-21)33-24(27-20)30-12-4-7-18(30)19(31)11-8-14-5-2-1-3-6-14/h1-3,5-6,9-10,13,18H,4,7-8,11-12H2,(H,28,29,32)/t18-/m1/s1. The van der Waals surface area contributed by atoms with Gasteiger partial charge in [-0.25, -0.2) is 18.7 Å². The van der Waals surface area contributed by atoms with E-state index >= 15 is 0 Å². The number of hydrogen-bond donors (Lipinski definition) is 1. The Morgan fingerprint density at radius 2 is 1.97 bits per heavy atom. The van der Waals surface area contributed by atoms with E-state index in [1.165, 1.54) is 11.3 Å². The van der Waals surface area contributed by atoms with Crippen molar-refractivity contribution in [3.8, 4) is 11.4 Å². The maximum Gasteiger partial charge on any atom is 0.278 e. The van der Waals surface area contributed by atoms with Crippen LogP contribution in [-0.2, 0) is 11.2 Å². The van der Waals surface area contributed by atoms with E-state index in [1.807, 2.05) is 35.2 Å². The monoisotopic (exact) mass is 466 g/mol. The average molecular weight is 467 g/mol. The molecule has 2 aromatic carbocycles. The maximum atomic E-state index is 14.2. The molecular weight excluding hydrogens is 446 g/mol. The minimum absolute atomic E-state index is 0.0587. The minimum atomic E-state index is -0.688. The summed E-state index contributed by atoms with van der Waals surface area (Å²) >= 11 is 1.18. The molecule has 0 unspecified atom stereocenters. The number of nitrogens with zero attached hydrogens (tertiary/aromatic N) is 3. The van der Waals surface area contributed by atoms with Gasteiger partial charge in [-0.05, 0) is 43.0 Å². The first-order valence-electron chi connectivity index (χ1n) is 10.7. The number of nitrogens with one attached hydrogen (secondary N) is 1. The number of thiazole rings is 1. The summed E-state index contributed by atoms with van der Waals surface area (Å²) < 4.78 is 27.8. The number of rotatable bonds is 6. The molecule has 0 saturated carbocycles. The molecule has 1 aliphatic rings. The van der Waals surface area contributed by atoms with Crippen LogP contribution in [-0.4, -0.2) is 33.3 Å². The number of aryl methyl sites for hydroxylation is 1. The van der Waals surface area contributed by atoms with Crippen molar-refractivity contribution in [3.05, 3.63) is 76.1 Å². The number of carbonyl (C=O) groups is 1. The Hall–Kier alpha value is -3.46. The Kier molecular flexibility index (Phi) is 5.72. The summed E-state index contributed by atoms with van der Waals surface area (Å²) in [6.45, 7) is 0.658. The second-order valence-electron chi connectivity index (χ2n) is 7.99. The number of benzene rings is 2. The molecule has 4 aromatic rings. The fraction of sp³-hybridized carbons (Fsp3) is 0.250. The van der Waals surface area contributed by atoms with Crippen LogP contribution < -0.4 is 10.5 Å². The Balaban J connectivity index is 1.42. The number of anilines is 1. The van der Waals surface area contributed by atoms with E-state index in [0.717, 1.165) is 36.6 Å². The zero-order valence-corrected chi connectivity index (χ0v) is 18.4. The molecule has 6 nitrogen and oxygen atoms in total. The van der Waals surface area contributed by atoms with Crippen molar-refractivity contribution in [2.75, 3.05) is 11.4 Å². The van der Waals surface area contributed by atoms with E-state index < -0.39 is 17.2 Å². The van der Waals surface area contributed by atoms with Crippen LogP contribution in [0.15, 0.2) is 53.3 Å². The first kappa shape index (κ1) is 21.4. The molecule has 0 aliphatic carbocycles. The van der Waals surface area contributed by atoms with Gasteiger partial charge < -0.3 is 9.88 Å². The summed E-state index contributed by atoms with van der Waals surface area (Å²) in [4.78, 5) is 39.1. The van der Waals surface area contributed by atoms with Crippen molar-refractivity contribution < 1.29 is 13.6 Å². The number of ketones is 1. The lowest BCUT2D eigenvalue weighted by molar-refractivity contribution is -0.120. The molecule has 0 amide bonds. The van der Waals surface area contributed by atoms with E-state index in [9.17, 15) is 18.4 Å². The summed E-state index contributed by atoms with van der Waals surface area (Å²) in [7, 11) is 0. The molecule has 5 rings (SSSR count). The number of hydrogen-bond acceptors (Lipinski definition) is 6. The molecule has 1 N–H and O–H groups in total. The second kappa shape index (κ2) is 8.82. The summed E-state index contributed by atoms with van der Waals surface area (Å²) in [6, 6.07) is 12.5. The number of aromatic nitrogens is 3. The van der Waals surface area contributed by atoms with Crippen molar-refractivity contribution >= 4 is 32.6 Å². The summed E-state index contributed by atoms with van der Waals surface area (Å²) in [5.74, 6) is -1.24. The number of fused-ring (bicyclic) bond motifs is 1. The van der Waals surface area contributed by atoms with E-state index in [1.54, 1.807) is 0 Å². The quantitative estimate of drug-likeness (QED) is 0.453. The van der Waals surface area contributed by atoms with E-state index in [4.69, 9.17) is 0 Å². The molecule has 9 heteroatoms. The van der Waals surface area contributed by atoms with Crippen molar-refractivity contribution in [3.63, 3.8) is 0 Å². The third kappa shape index (κ3) is 4.28. The lowest BCUT2D eigenvalue weighted by Gasteiger charge is -2.22. The molecule has 1 atom stereocenters. The van der Waals surface area contributed by atoms with Crippen LogP contribution in [0.2, 0.25) is 0 Å². The number of aromatic amines is 1. The highest BCUT2D eigenvalue weighted by Gasteiger charge is 2.32. The zero-order valence-electron chi connectivity index (χ0n) is 17.6. The van der Waals surface area contributed by atoms with Crippen LogP contribution in [0.3, 0.4) is 0 Å². The lowest BCUT2D eigenvalue weighted by Crippen LogP contribution is -2.36. The topological polar surface area (TPSA) is 79.0 Å². The van der Waals surface area contributed by atoms with Crippen LogP contribution in [0.5, 0.6) is 0 Å². The predicted octanol–water partition coefficient (Wildman–Crippen LogP) is 4.50. The minimum Gasteiger partial charge on any atom is -0.338 e. The van der Waals surface area contributed by atoms with Crippen molar-refractivity contribution in [2.45, 2.75) is 31.7 Å². The van der Waals surface area contributed by atoms with Gasteiger partial charge >= 0.3 is 0 Å². The molecule has 0 radical (unpaired) electrons. The SMILES string of the molecule is O=C(CCc1ccccc1)[C@H]1CCCN1c1nc2c(=O)[nH]c(-c3cc(F)ccc3F)nc2s1. The third-order valence-corrected chi connectivity index (χ3v) is 6.80. The fourth-order valence-electron chi connectivity index (χ4n) is 4.16. The van der Waals surface area contributed by atoms with Gasteiger partial charge in [0, 0.05) is 13.0 Å². The molecule has 33 heavy (non-hydrogen) atoms. The van der Waals surface area contributed by atoms with Gasteiger partial charge in [0.25, 0.3) is 5.56 Å². The largest absolute Gasteiger partial charge is 0.338 e. The highest BCUT2D eigenvalue weighted by Crippen LogP contribution is 2.33. The molecule has 0 spiro atoms. The van der Waals surface area contributed by atoms with Gasteiger partial charge in [-0.2, -0.15) is 0 Å². The van der Waals surface area contributed by atoms with Crippen LogP contribution in [0.25, 0.3) is 21.7 Å². The Morgan fingerprint density at radius 1 is 1.15 bits per heavy atom.